The van der Waals surface area contributed by atoms with Gasteiger partial charge in [0.2, 0.25) is 5.91 Å². The number of rotatable bonds is 2. The maximum absolute atomic E-state index is 12.6. The van der Waals surface area contributed by atoms with E-state index in [1.54, 1.807) is 17.0 Å². The van der Waals surface area contributed by atoms with Gasteiger partial charge in [-0.25, -0.2) is 0 Å². The van der Waals surface area contributed by atoms with Gasteiger partial charge in [-0.2, -0.15) is 5.26 Å². The van der Waals surface area contributed by atoms with Gasteiger partial charge < -0.3 is 9.64 Å². The minimum absolute atomic E-state index is 0.0719. The maximum Gasteiger partial charge on any atom is 0.247 e. The highest BCUT2D eigenvalue weighted by Crippen LogP contribution is 2.25. The van der Waals surface area contributed by atoms with E-state index < -0.39 is 0 Å². The molecule has 4 nitrogen and oxygen atoms in total. The lowest BCUT2D eigenvalue weighted by molar-refractivity contribution is -0.127. The van der Waals surface area contributed by atoms with E-state index in [2.05, 4.69) is 6.07 Å². The molecule has 0 aliphatic carbocycles. The number of para-hydroxylation sites is 1. The predicted molar refractivity (Wildman–Crippen MR) is 92.1 cm³/mol. The van der Waals surface area contributed by atoms with Crippen molar-refractivity contribution < 1.29 is 9.53 Å². The van der Waals surface area contributed by atoms with Crippen molar-refractivity contribution in [3.05, 3.63) is 71.3 Å². The quantitative estimate of drug-likeness (QED) is 0.798. The van der Waals surface area contributed by atoms with Crippen LogP contribution in [0.3, 0.4) is 0 Å². The number of fused-ring (bicyclic) bond motifs is 1. The van der Waals surface area contributed by atoms with Gasteiger partial charge in [-0.15, -0.1) is 0 Å². The van der Waals surface area contributed by atoms with Gasteiger partial charge in [0.15, 0.2) is 0 Å². The van der Waals surface area contributed by atoms with Gasteiger partial charge in [0.25, 0.3) is 0 Å². The van der Waals surface area contributed by atoms with Crippen LogP contribution in [0.25, 0.3) is 6.08 Å². The van der Waals surface area contributed by atoms with Crippen LogP contribution in [0, 0.1) is 11.3 Å². The number of carbonyl (C=O) groups excluding carboxylic acids is 1. The molecular weight excluding hydrogens is 300 g/mol. The Hall–Kier alpha value is -3.06. The summed E-state index contributed by atoms with van der Waals surface area (Å²) in [6.45, 7) is 3.00. The molecule has 3 rings (SSSR count). The predicted octanol–water partition coefficient (Wildman–Crippen LogP) is 3.38. The number of ether oxygens (including phenoxy) is 1. The fraction of sp³-hybridized carbons (Fsp3) is 0.200. The zero-order valence-electron chi connectivity index (χ0n) is 13.5. The van der Waals surface area contributed by atoms with Gasteiger partial charge in [0, 0.05) is 18.2 Å². The van der Waals surface area contributed by atoms with Gasteiger partial charge in [-0.3, -0.25) is 4.79 Å². The Morgan fingerprint density at radius 1 is 1.25 bits per heavy atom. The summed E-state index contributed by atoms with van der Waals surface area (Å²) in [4.78, 5) is 14.3. The third kappa shape index (κ3) is 3.47. The Bertz CT molecular complexity index is 820. The SMILES string of the molecule is CC1CN(C(=O)/C=C/c2ccccc2C#N)Cc2ccccc2O1. The summed E-state index contributed by atoms with van der Waals surface area (Å²) >= 11 is 0. The van der Waals surface area contributed by atoms with E-state index in [4.69, 9.17) is 10.00 Å². The van der Waals surface area contributed by atoms with Crippen LogP contribution < -0.4 is 4.74 Å². The fourth-order valence-corrected chi connectivity index (χ4v) is 2.76. The molecule has 0 bridgehead atoms. The van der Waals surface area contributed by atoms with Gasteiger partial charge >= 0.3 is 0 Å². The first-order chi connectivity index (χ1) is 11.7. The maximum atomic E-state index is 12.6. The van der Waals surface area contributed by atoms with Crippen molar-refractivity contribution in [3.8, 4) is 11.8 Å². The highest BCUT2D eigenvalue weighted by atomic mass is 16.5. The molecule has 2 aromatic carbocycles. The third-order valence-electron chi connectivity index (χ3n) is 3.94. The highest BCUT2D eigenvalue weighted by Gasteiger charge is 2.22. The second-order valence-corrected chi connectivity index (χ2v) is 5.79. The lowest BCUT2D eigenvalue weighted by atomic mass is 10.1. The van der Waals surface area contributed by atoms with Crippen LogP contribution in [0.2, 0.25) is 0 Å². The monoisotopic (exact) mass is 318 g/mol. The van der Waals surface area contributed by atoms with E-state index >= 15 is 0 Å². The number of benzene rings is 2. The summed E-state index contributed by atoms with van der Waals surface area (Å²) in [5, 5.41) is 9.12. The number of hydrogen-bond acceptors (Lipinski definition) is 3. The van der Waals surface area contributed by atoms with Crippen LogP contribution in [0.5, 0.6) is 5.75 Å². The normalized spacial score (nSPS) is 16.8. The number of carbonyl (C=O) groups is 1. The van der Waals surface area contributed by atoms with Crippen molar-refractivity contribution >= 4 is 12.0 Å². The van der Waals surface area contributed by atoms with Crippen molar-refractivity contribution in [1.29, 1.82) is 5.26 Å². The second-order valence-electron chi connectivity index (χ2n) is 5.79. The Morgan fingerprint density at radius 2 is 2.00 bits per heavy atom. The average Bonchev–Trinajstić information content (AvgIpc) is 2.77. The van der Waals surface area contributed by atoms with E-state index in [0.29, 0.717) is 18.7 Å². The first-order valence-electron chi connectivity index (χ1n) is 7.88. The Balaban J connectivity index is 1.80. The van der Waals surface area contributed by atoms with Crippen LogP contribution in [0.15, 0.2) is 54.6 Å². The van der Waals surface area contributed by atoms with Crippen LogP contribution in [0.1, 0.15) is 23.6 Å². The van der Waals surface area contributed by atoms with Gasteiger partial charge in [0.1, 0.15) is 11.9 Å². The molecule has 0 fully saturated rings. The van der Waals surface area contributed by atoms with E-state index in [1.165, 1.54) is 6.08 Å². The molecule has 0 saturated carbocycles. The van der Waals surface area contributed by atoms with Crippen LogP contribution in [0.4, 0.5) is 0 Å². The van der Waals surface area contributed by atoms with Gasteiger partial charge in [-0.1, -0.05) is 36.4 Å². The van der Waals surface area contributed by atoms with Gasteiger partial charge in [-0.05, 0) is 30.7 Å². The average molecular weight is 318 g/mol. The van der Waals surface area contributed by atoms with Crippen molar-refractivity contribution in [3.63, 3.8) is 0 Å². The molecule has 1 aliphatic heterocycles. The molecule has 1 amide bonds. The van der Waals surface area contributed by atoms with Crippen molar-refractivity contribution in [1.82, 2.24) is 4.90 Å². The highest BCUT2D eigenvalue weighted by molar-refractivity contribution is 5.92. The minimum Gasteiger partial charge on any atom is -0.489 e. The first kappa shape index (κ1) is 15.8. The second kappa shape index (κ2) is 7.01. The number of amides is 1. The molecular formula is C20H18N2O2. The van der Waals surface area contributed by atoms with Crippen LogP contribution in [-0.2, 0) is 11.3 Å². The topological polar surface area (TPSA) is 53.3 Å². The molecule has 0 N–H and O–H groups in total. The van der Waals surface area contributed by atoms with Gasteiger partial charge in [0.05, 0.1) is 18.2 Å². The van der Waals surface area contributed by atoms with E-state index in [-0.39, 0.29) is 12.0 Å². The third-order valence-corrected chi connectivity index (χ3v) is 3.94. The fourth-order valence-electron chi connectivity index (χ4n) is 2.76. The van der Waals surface area contributed by atoms with E-state index in [0.717, 1.165) is 16.9 Å². The molecule has 24 heavy (non-hydrogen) atoms. The zero-order chi connectivity index (χ0) is 16.9. The van der Waals surface area contributed by atoms with E-state index in [9.17, 15) is 4.79 Å². The molecule has 0 radical (unpaired) electrons. The number of hydrogen-bond donors (Lipinski definition) is 0. The molecule has 0 spiro atoms. The number of nitrogens with zero attached hydrogens (tertiary/aromatic N) is 2. The lowest BCUT2D eigenvalue weighted by Crippen LogP contribution is -2.34. The first-order valence-corrected chi connectivity index (χ1v) is 7.88. The summed E-state index contributed by atoms with van der Waals surface area (Å²) in [6, 6.07) is 17.1. The Morgan fingerprint density at radius 3 is 2.83 bits per heavy atom. The summed E-state index contributed by atoms with van der Waals surface area (Å²) in [5.41, 5.74) is 2.30. The van der Waals surface area contributed by atoms with Crippen LogP contribution >= 0.6 is 0 Å². The molecule has 0 saturated heterocycles. The molecule has 2 aromatic rings. The van der Waals surface area contributed by atoms with Crippen molar-refractivity contribution in [2.45, 2.75) is 19.6 Å². The largest absolute Gasteiger partial charge is 0.489 e. The van der Waals surface area contributed by atoms with Crippen LogP contribution in [-0.4, -0.2) is 23.5 Å². The number of nitriles is 1. The Labute approximate surface area is 141 Å². The Kier molecular flexibility index (Phi) is 4.62. The molecule has 1 atom stereocenters. The molecule has 0 aromatic heterocycles. The zero-order valence-corrected chi connectivity index (χ0v) is 13.5. The van der Waals surface area contributed by atoms with E-state index in [1.807, 2.05) is 49.4 Å². The molecule has 120 valence electrons. The molecule has 4 heteroatoms. The van der Waals surface area contributed by atoms with Crippen molar-refractivity contribution in [2.75, 3.05) is 6.54 Å². The smallest absolute Gasteiger partial charge is 0.247 e. The minimum atomic E-state index is -0.0881. The lowest BCUT2D eigenvalue weighted by Gasteiger charge is -2.20. The summed E-state index contributed by atoms with van der Waals surface area (Å²) in [6.07, 6.45) is 3.15. The molecule has 1 unspecified atom stereocenters. The summed E-state index contributed by atoms with van der Waals surface area (Å²) < 4.78 is 5.88. The standard InChI is InChI=1S/C20H18N2O2/c1-15-13-22(14-18-8-4-5-9-19(18)24-15)20(23)11-10-16-6-2-3-7-17(16)12-21/h2-11,15H,13-14H2,1H3/b11-10+. The summed E-state index contributed by atoms with van der Waals surface area (Å²) in [5.74, 6) is 0.744. The molecule has 1 aliphatic rings. The molecule has 1 heterocycles. The summed E-state index contributed by atoms with van der Waals surface area (Å²) in [7, 11) is 0. The van der Waals surface area contributed by atoms with Crippen molar-refractivity contribution in [2.24, 2.45) is 0 Å².